The SMILES string of the molecule is CC(CCO)Nc1nc2c(c(=O)n(C)c(=O)n2C)n1Cc1ccc(Cl)cc1Cl. The van der Waals surface area contributed by atoms with Gasteiger partial charge in [-0.05, 0) is 31.0 Å². The number of benzene rings is 1. The quantitative estimate of drug-likeness (QED) is 0.629. The summed E-state index contributed by atoms with van der Waals surface area (Å²) < 4.78 is 4.07. The average Bonchev–Trinajstić information content (AvgIpc) is 2.99. The molecule has 3 aromatic rings. The number of aryl methyl sites for hydroxylation is 1. The Morgan fingerprint density at radius 2 is 1.93 bits per heavy atom. The Morgan fingerprint density at radius 1 is 1.21 bits per heavy atom. The summed E-state index contributed by atoms with van der Waals surface area (Å²) in [5.41, 5.74) is 0.408. The van der Waals surface area contributed by atoms with Gasteiger partial charge in [-0.25, -0.2) is 4.79 Å². The molecule has 0 aliphatic carbocycles. The monoisotopic (exact) mass is 425 g/mol. The fourth-order valence-electron chi connectivity index (χ4n) is 3.02. The second-order valence-corrected chi connectivity index (χ2v) is 7.54. The molecule has 28 heavy (non-hydrogen) atoms. The van der Waals surface area contributed by atoms with Gasteiger partial charge in [0.05, 0.1) is 6.54 Å². The van der Waals surface area contributed by atoms with Crippen LogP contribution in [0.5, 0.6) is 0 Å². The normalized spacial score (nSPS) is 12.5. The van der Waals surface area contributed by atoms with E-state index >= 15 is 0 Å². The Balaban J connectivity index is 2.24. The zero-order chi connectivity index (χ0) is 20.6. The number of nitrogens with zero attached hydrogens (tertiary/aromatic N) is 4. The Labute approximate surface area is 170 Å². The number of aliphatic hydroxyl groups is 1. The van der Waals surface area contributed by atoms with Crippen LogP contribution in [0.15, 0.2) is 27.8 Å². The summed E-state index contributed by atoms with van der Waals surface area (Å²) in [5, 5.41) is 13.4. The van der Waals surface area contributed by atoms with Gasteiger partial charge in [0.2, 0.25) is 5.95 Å². The minimum atomic E-state index is -0.457. The Kier molecular flexibility index (Phi) is 5.83. The molecule has 0 saturated heterocycles. The molecule has 2 aromatic heterocycles. The molecule has 150 valence electrons. The molecule has 0 aliphatic heterocycles. The summed E-state index contributed by atoms with van der Waals surface area (Å²) in [6.45, 7) is 2.16. The lowest BCUT2D eigenvalue weighted by Gasteiger charge is -2.16. The number of rotatable bonds is 6. The van der Waals surface area contributed by atoms with Gasteiger partial charge in [0.1, 0.15) is 0 Å². The van der Waals surface area contributed by atoms with Crippen LogP contribution in [0.25, 0.3) is 11.2 Å². The van der Waals surface area contributed by atoms with Crippen molar-refractivity contribution in [2.24, 2.45) is 14.1 Å². The van der Waals surface area contributed by atoms with E-state index in [0.717, 1.165) is 10.1 Å². The van der Waals surface area contributed by atoms with Gasteiger partial charge in [-0.3, -0.25) is 18.5 Å². The van der Waals surface area contributed by atoms with Crippen molar-refractivity contribution in [1.29, 1.82) is 0 Å². The maximum atomic E-state index is 12.8. The van der Waals surface area contributed by atoms with E-state index in [-0.39, 0.29) is 30.4 Å². The van der Waals surface area contributed by atoms with E-state index in [1.807, 2.05) is 6.92 Å². The van der Waals surface area contributed by atoms with Crippen molar-refractivity contribution in [1.82, 2.24) is 18.7 Å². The number of anilines is 1. The number of aromatic nitrogens is 4. The zero-order valence-electron chi connectivity index (χ0n) is 15.7. The fraction of sp³-hybridized carbons (Fsp3) is 0.389. The standard InChI is InChI=1S/C18H21Cl2N5O3/c1-10(6-7-26)21-17-22-15-14(16(27)24(3)18(28)23(15)2)25(17)9-11-4-5-12(19)8-13(11)20/h4-5,8,10,26H,6-7,9H2,1-3H3,(H,21,22). The van der Waals surface area contributed by atoms with Crippen LogP contribution in [0.3, 0.4) is 0 Å². The topological polar surface area (TPSA) is 94.1 Å². The molecule has 1 atom stereocenters. The largest absolute Gasteiger partial charge is 0.396 e. The average molecular weight is 426 g/mol. The third-order valence-electron chi connectivity index (χ3n) is 4.63. The lowest BCUT2D eigenvalue weighted by atomic mass is 10.2. The summed E-state index contributed by atoms with van der Waals surface area (Å²) in [5.74, 6) is 0.417. The number of imidazole rings is 1. The molecule has 0 aliphatic rings. The van der Waals surface area contributed by atoms with Crippen LogP contribution < -0.4 is 16.6 Å². The van der Waals surface area contributed by atoms with E-state index < -0.39 is 11.2 Å². The van der Waals surface area contributed by atoms with Crippen molar-refractivity contribution in [3.8, 4) is 0 Å². The second kappa shape index (κ2) is 7.98. The van der Waals surface area contributed by atoms with Crippen molar-refractivity contribution in [2.75, 3.05) is 11.9 Å². The van der Waals surface area contributed by atoms with Gasteiger partial charge in [-0.1, -0.05) is 29.3 Å². The summed E-state index contributed by atoms with van der Waals surface area (Å²) >= 11 is 12.3. The zero-order valence-corrected chi connectivity index (χ0v) is 17.3. The summed E-state index contributed by atoms with van der Waals surface area (Å²) in [4.78, 5) is 29.6. The van der Waals surface area contributed by atoms with Crippen LogP contribution in [0, 0.1) is 0 Å². The van der Waals surface area contributed by atoms with Gasteiger partial charge < -0.3 is 10.4 Å². The molecule has 0 amide bonds. The molecule has 0 fully saturated rings. The van der Waals surface area contributed by atoms with E-state index in [0.29, 0.717) is 22.4 Å². The van der Waals surface area contributed by atoms with Crippen LogP contribution in [0.1, 0.15) is 18.9 Å². The maximum Gasteiger partial charge on any atom is 0.332 e. The predicted molar refractivity (Wildman–Crippen MR) is 111 cm³/mol. The maximum absolute atomic E-state index is 12.8. The number of aliphatic hydroxyl groups excluding tert-OH is 1. The third kappa shape index (κ3) is 3.67. The molecule has 3 rings (SSSR count). The molecule has 1 unspecified atom stereocenters. The molecule has 10 heteroatoms. The van der Waals surface area contributed by atoms with E-state index in [1.165, 1.54) is 11.6 Å². The number of halogens is 2. The van der Waals surface area contributed by atoms with Crippen LogP contribution in [-0.2, 0) is 20.6 Å². The molecule has 1 aromatic carbocycles. The minimum absolute atomic E-state index is 0.0116. The number of hydrogen-bond donors (Lipinski definition) is 2. The highest BCUT2D eigenvalue weighted by Gasteiger charge is 2.21. The predicted octanol–water partition coefficient (Wildman–Crippen LogP) is 1.97. The molecular weight excluding hydrogens is 405 g/mol. The summed E-state index contributed by atoms with van der Waals surface area (Å²) in [6.07, 6.45) is 0.502. The van der Waals surface area contributed by atoms with Crippen LogP contribution in [-0.4, -0.2) is 36.4 Å². The molecule has 0 bridgehead atoms. The second-order valence-electron chi connectivity index (χ2n) is 6.69. The Morgan fingerprint density at radius 3 is 2.57 bits per heavy atom. The van der Waals surface area contributed by atoms with Crippen molar-refractivity contribution >= 4 is 40.3 Å². The first kappa shape index (κ1) is 20.4. The van der Waals surface area contributed by atoms with Gasteiger partial charge in [-0.15, -0.1) is 0 Å². The molecule has 0 saturated carbocycles. The first-order valence-electron chi connectivity index (χ1n) is 8.72. The molecule has 2 N–H and O–H groups in total. The Hall–Kier alpha value is -2.29. The highest BCUT2D eigenvalue weighted by molar-refractivity contribution is 6.35. The van der Waals surface area contributed by atoms with Crippen LogP contribution >= 0.6 is 23.2 Å². The van der Waals surface area contributed by atoms with Crippen LogP contribution in [0.2, 0.25) is 10.0 Å². The van der Waals surface area contributed by atoms with E-state index in [2.05, 4.69) is 10.3 Å². The van der Waals surface area contributed by atoms with Gasteiger partial charge >= 0.3 is 5.69 Å². The van der Waals surface area contributed by atoms with Gasteiger partial charge in [0, 0.05) is 36.8 Å². The minimum Gasteiger partial charge on any atom is -0.396 e. The van der Waals surface area contributed by atoms with Gasteiger partial charge in [0.15, 0.2) is 11.2 Å². The van der Waals surface area contributed by atoms with Crippen molar-refractivity contribution < 1.29 is 5.11 Å². The highest BCUT2D eigenvalue weighted by atomic mass is 35.5. The first-order chi connectivity index (χ1) is 13.2. The first-order valence-corrected chi connectivity index (χ1v) is 9.47. The van der Waals surface area contributed by atoms with Crippen molar-refractivity contribution in [2.45, 2.75) is 25.9 Å². The van der Waals surface area contributed by atoms with Crippen molar-refractivity contribution in [3.63, 3.8) is 0 Å². The lowest BCUT2D eigenvalue weighted by molar-refractivity contribution is 0.282. The highest BCUT2D eigenvalue weighted by Crippen LogP contribution is 2.25. The third-order valence-corrected chi connectivity index (χ3v) is 5.22. The van der Waals surface area contributed by atoms with Gasteiger partial charge in [0.25, 0.3) is 5.56 Å². The number of hydrogen-bond acceptors (Lipinski definition) is 5. The molecule has 8 nitrogen and oxygen atoms in total. The van der Waals surface area contributed by atoms with E-state index in [4.69, 9.17) is 23.2 Å². The smallest absolute Gasteiger partial charge is 0.332 e. The van der Waals surface area contributed by atoms with E-state index in [9.17, 15) is 14.7 Å². The lowest BCUT2D eigenvalue weighted by Crippen LogP contribution is -2.37. The number of nitrogens with one attached hydrogen (secondary N) is 1. The number of fused-ring (bicyclic) bond motifs is 1. The summed E-state index contributed by atoms with van der Waals surface area (Å²) in [7, 11) is 3.00. The van der Waals surface area contributed by atoms with Crippen LogP contribution in [0.4, 0.5) is 5.95 Å². The molecule has 2 heterocycles. The molecule has 0 spiro atoms. The van der Waals surface area contributed by atoms with E-state index in [1.54, 1.807) is 29.8 Å². The fourth-order valence-corrected chi connectivity index (χ4v) is 3.49. The molecule has 0 radical (unpaired) electrons. The molecular formula is C18H21Cl2N5O3. The van der Waals surface area contributed by atoms with Crippen molar-refractivity contribution in [3.05, 3.63) is 54.6 Å². The van der Waals surface area contributed by atoms with Gasteiger partial charge in [-0.2, -0.15) is 4.98 Å². The Bertz CT molecular complexity index is 1150. The summed E-state index contributed by atoms with van der Waals surface area (Å²) in [6, 6.07) is 5.04.